The molecule has 1 aromatic rings. The van der Waals surface area contributed by atoms with E-state index in [1.54, 1.807) is 0 Å². The van der Waals surface area contributed by atoms with Crippen LogP contribution in [0.5, 0.6) is 0 Å². The third-order valence-electron chi connectivity index (χ3n) is 4.26. The van der Waals surface area contributed by atoms with Crippen LogP contribution in [0, 0.1) is 5.92 Å². The number of rotatable bonds is 7. The average Bonchev–Trinajstić information content (AvgIpc) is 2.81. The Labute approximate surface area is 144 Å². The van der Waals surface area contributed by atoms with Crippen LogP contribution < -0.4 is 5.73 Å². The molecule has 0 saturated heterocycles. The van der Waals surface area contributed by atoms with Gasteiger partial charge in [0, 0.05) is 6.42 Å². The zero-order chi connectivity index (χ0) is 17.2. The fraction of sp³-hybridized carbons (Fsp3) is 0.500. The van der Waals surface area contributed by atoms with Crippen molar-refractivity contribution < 1.29 is 9.53 Å². The van der Waals surface area contributed by atoms with E-state index in [-0.39, 0.29) is 11.9 Å². The number of esters is 1. The maximum Gasteiger partial charge on any atom is 0.309 e. The van der Waals surface area contributed by atoms with Crippen LogP contribution in [0.3, 0.4) is 0 Å². The summed E-state index contributed by atoms with van der Waals surface area (Å²) in [5.41, 5.74) is 6.87. The monoisotopic (exact) mass is 328 g/mol. The summed E-state index contributed by atoms with van der Waals surface area (Å²) < 4.78 is 5.36. The minimum Gasteiger partial charge on any atom is -0.461 e. The summed E-state index contributed by atoms with van der Waals surface area (Å²) in [5, 5.41) is 0. The van der Waals surface area contributed by atoms with Crippen LogP contribution in [0.15, 0.2) is 47.5 Å². The summed E-state index contributed by atoms with van der Waals surface area (Å²) in [5.74, 6) is 0.497. The third kappa shape index (κ3) is 6.57. The predicted octanol–water partition coefficient (Wildman–Crippen LogP) is 4.00. The van der Waals surface area contributed by atoms with Crippen LogP contribution in [-0.4, -0.2) is 17.8 Å². The Morgan fingerprint density at radius 3 is 2.92 bits per heavy atom. The molecule has 0 amide bonds. The highest BCUT2D eigenvalue weighted by Crippen LogP contribution is 2.16. The lowest BCUT2D eigenvalue weighted by Gasteiger charge is -2.10. The minimum atomic E-state index is -0.153. The number of carbonyl (C=O) groups excluding carboxylic acids is 1. The van der Waals surface area contributed by atoms with Crippen molar-refractivity contribution in [3.63, 3.8) is 0 Å². The second-order valence-corrected chi connectivity index (χ2v) is 6.46. The second kappa shape index (κ2) is 9.91. The van der Waals surface area contributed by atoms with Crippen molar-refractivity contribution in [3.8, 4) is 0 Å². The zero-order valence-corrected chi connectivity index (χ0v) is 14.5. The quantitative estimate of drug-likeness (QED) is 0.608. The molecule has 0 aliphatic carbocycles. The Bertz CT molecular complexity index is 566. The first-order chi connectivity index (χ1) is 11.6. The van der Waals surface area contributed by atoms with Crippen LogP contribution in [-0.2, 0) is 16.1 Å². The number of amidine groups is 1. The lowest BCUT2D eigenvalue weighted by atomic mass is 10.0. The molecule has 24 heavy (non-hydrogen) atoms. The molecule has 2 rings (SSSR count). The van der Waals surface area contributed by atoms with Gasteiger partial charge in [-0.15, -0.1) is 0 Å². The molecule has 2 N–H and O–H groups in total. The van der Waals surface area contributed by atoms with Gasteiger partial charge in [0.2, 0.25) is 0 Å². The Kier molecular flexibility index (Phi) is 7.53. The van der Waals surface area contributed by atoms with E-state index in [1.165, 1.54) is 6.42 Å². The highest BCUT2D eigenvalue weighted by molar-refractivity contribution is 5.80. The molecule has 0 unspecified atom stereocenters. The summed E-state index contributed by atoms with van der Waals surface area (Å²) in [6, 6.07) is 10.0. The highest BCUT2D eigenvalue weighted by atomic mass is 16.5. The Balaban J connectivity index is 1.68. The van der Waals surface area contributed by atoms with Gasteiger partial charge in [-0.3, -0.25) is 9.79 Å². The van der Waals surface area contributed by atoms with Crippen LogP contribution in [0.4, 0.5) is 0 Å². The van der Waals surface area contributed by atoms with Crippen molar-refractivity contribution >= 4 is 11.8 Å². The number of carbonyl (C=O) groups is 1. The summed E-state index contributed by atoms with van der Waals surface area (Å²) in [6.45, 7) is 2.24. The predicted molar refractivity (Wildman–Crippen MR) is 97.7 cm³/mol. The lowest BCUT2D eigenvalue weighted by molar-refractivity contribution is -0.149. The molecule has 2 atom stereocenters. The maximum absolute atomic E-state index is 12.0. The van der Waals surface area contributed by atoms with E-state index in [4.69, 9.17) is 10.5 Å². The largest absolute Gasteiger partial charge is 0.461 e. The lowest BCUT2D eigenvalue weighted by Crippen LogP contribution is -2.14. The number of hydrogen-bond acceptors (Lipinski definition) is 4. The Morgan fingerprint density at radius 1 is 1.33 bits per heavy atom. The second-order valence-electron chi connectivity index (χ2n) is 6.46. The smallest absolute Gasteiger partial charge is 0.309 e. The van der Waals surface area contributed by atoms with E-state index in [0.29, 0.717) is 19.1 Å². The van der Waals surface area contributed by atoms with Gasteiger partial charge in [0.25, 0.3) is 0 Å². The van der Waals surface area contributed by atoms with Gasteiger partial charge in [-0.25, -0.2) is 0 Å². The molecule has 0 aromatic heterocycles. The normalized spacial score (nSPS) is 19.5. The van der Waals surface area contributed by atoms with Crippen molar-refractivity contribution in [1.29, 1.82) is 0 Å². The van der Waals surface area contributed by atoms with E-state index in [2.05, 4.69) is 17.1 Å². The standard InChI is InChI=1S/C20H28N2O2/c1-16(20(23)24-15-17-10-3-2-4-11-17)9-5-6-12-18-13-7-8-14-19(21)22-18/h2-6,10-11,16,18H,7-9,12-15H2,1H3,(H2,21,22)/b6-5-/t16-,18-/m0/s1. The van der Waals surface area contributed by atoms with Gasteiger partial charge >= 0.3 is 5.97 Å². The summed E-state index contributed by atoms with van der Waals surface area (Å²) in [4.78, 5) is 16.5. The molecule has 0 radical (unpaired) electrons. The Morgan fingerprint density at radius 2 is 2.12 bits per heavy atom. The number of hydrogen-bond donors (Lipinski definition) is 1. The molecule has 0 spiro atoms. The Hall–Kier alpha value is -2.10. The maximum atomic E-state index is 12.0. The minimum absolute atomic E-state index is 0.132. The fourth-order valence-electron chi connectivity index (χ4n) is 2.74. The van der Waals surface area contributed by atoms with E-state index in [9.17, 15) is 4.79 Å². The topological polar surface area (TPSA) is 64.7 Å². The fourth-order valence-corrected chi connectivity index (χ4v) is 2.74. The first kappa shape index (κ1) is 18.2. The van der Waals surface area contributed by atoms with Crippen molar-refractivity contribution in [2.75, 3.05) is 0 Å². The summed E-state index contributed by atoms with van der Waals surface area (Å²) in [7, 11) is 0. The number of allylic oxidation sites excluding steroid dienone is 1. The molecule has 0 bridgehead atoms. The zero-order valence-electron chi connectivity index (χ0n) is 14.5. The molecule has 1 aromatic carbocycles. The van der Waals surface area contributed by atoms with Crippen LogP contribution in [0.2, 0.25) is 0 Å². The molecule has 130 valence electrons. The number of benzene rings is 1. The third-order valence-corrected chi connectivity index (χ3v) is 4.26. The van der Waals surface area contributed by atoms with Crippen LogP contribution in [0.1, 0.15) is 51.0 Å². The summed E-state index contributed by atoms with van der Waals surface area (Å²) in [6.07, 6.45) is 10.1. The number of nitrogens with zero attached hydrogens (tertiary/aromatic N) is 1. The van der Waals surface area contributed by atoms with Gasteiger partial charge < -0.3 is 10.5 Å². The number of aliphatic imine (C=N–C) groups is 1. The molecule has 0 fully saturated rings. The molecular formula is C20H28N2O2. The number of nitrogens with two attached hydrogens (primary N) is 1. The van der Waals surface area contributed by atoms with Crippen LogP contribution >= 0.6 is 0 Å². The molecule has 1 aliphatic heterocycles. The van der Waals surface area contributed by atoms with E-state index in [1.807, 2.05) is 37.3 Å². The molecule has 4 nitrogen and oxygen atoms in total. The van der Waals surface area contributed by atoms with Gasteiger partial charge in [-0.05, 0) is 31.2 Å². The number of ether oxygens (including phenoxy) is 1. The molecule has 1 heterocycles. The van der Waals surface area contributed by atoms with Crippen molar-refractivity contribution in [1.82, 2.24) is 0 Å². The van der Waals surface area contributed by atoms with E-state index in [0.717, 1.165) is 37.1 Å². The van der Waals surface area contributed by atoms with E-state index < -0.39 is 0 Å². The van der Waals surface area contributed by atoms with Gasteiger partial charge in [-0.2, -0.15) is 0 Å². The molecule has 0 saturated carbocycles. The molecular weight excluding hydrogens is 300 g/mol. The van der Waals surface area contributed by atoms with Gasteiger partial charge in [-0.1, -0.05) is 55.8 Å². The van der Waals surface area contributed by atoms with Crippen molar-refractivity contribution in [3.05, 3.63) is 48.0 Å². The van der Waals surface area contributed by atoms with Crippen molar-refractivity contribution in [2.24, 2.45) is 16.6 Å². The molecule has 1 aliphatic rings. The van der Waals surface area contributed by atoms with E-state index >= 15 is 0 Å². The summed E-state index contributed by atoms with van der Waals surface area (Å²) >= 11 is 0. The SMILES string of the molecule is C[C@@H](C/C=C\C[C@H]1CCCCC(N)=N1)C(=O)OCc1ccccc1. The van der Waals surface area contributed by atoms with Crippen LogP contribution in [0.25, 0.3) is 0 Å². The van der Waals surface area contributed by atoms with Gasteiger partial charge in [0.15, 0.2) is 0 Å². The first-order valence-corrected chi connectivity index (χ1v) is 8.83. The average molecular weight is 328 g/mol. The highest BCUT2D eigenvalue weighted by Gasteiger charge is 2.13. The van der Waals surface area contributed by atoms with Gasteiger partial charge in [0.05, 0.1) is 17.8 Å². The van der Waals surface area contributed by atoms with Crippen molar-refractivity contribution in [2.45, 2.75) is 58.1 Å². The van der Waals surface area contributed by atoms with Gasteiger partial charge in [0.1, 0.15) is 6.61 Å². The first-order valence-electron chi connectivity index (χ1n) is 8.83. The molecule has 4 heteroatoms.